The van der Waals surface area contributed by atoms with E-state index >= 15 is 0 Å². The zero-order chi connectivity index (χ0) is 13.6. The number of hydrogen-bond donors (Lipinski definition) is 1. The molecule has 0 fully saturated rings. The van der Waals surface area contributed by atoms with E-state index in [1.165, 1.54) is 10.9 Å². The second kappa shape index (κ2) is 4.24. The van der Waals surface area contributed by atoms with Gasteiger partial charge in [0, 0.05) is 9.86 Å². The second-order valence-corrected chi connectivity index (χ2v) is 5.04. The molecule has 19 heavy (non-hydrogen) atoms. The van der Waals surface area contributed by atoms with E-state index in [0.717, 1.165) is 9.86 Å². The fourth-order valence-corrected chi connectivity index (χ4v) is 2.28. The van der Waals surface area contributed by atoms with Crippen molar-refractivity contribution in [2.75, 3.05) is 5.73 Å². The number of carbonyl (C=O) groups excluding carboxylic acids is 1. The molecule has 2 heterocycles. The molecule has 0 aliphatic rings. The van der Waals surface area contributed by atoms with E-state index in [1.54, 1.807) is 19.1 Å². The number of anilines is 1. The third-order valence-electron chi connectivity index (χ3n) is 2.86. The molecule has 96 valence electrons. The van der Waals surface area contributed by atoms with Crippen LogP contribution in [0.25, 0.3) is 11.0 Å². The average Bonchev–Trinajstić information content (AvgIpc) is 2.94. The molecule has 0 unspecified atom stereocenters. The minimum absolute atomic E-state index is 0.226. The lowest BCUT2D eigenvalue weighted by Crippen LogP contribution is -2.11. The van der Waals surface area contributed by atoms with Crippen LogP contribution in [-0.2, 0) is 0 Å². The van der Waals surface area contributed by atoms with Gasteiger partial charge in [-0.1, -0.05) is 22.0 Å². The zero-order valence-corrected chi connectivity index (χ0v) is 11.6. The summed E-state index contributed by atoms with van der Waals surface area (Å²) in [4.78, 5) is 12.2. The third kappa shape index (κ3) is 1.94. The number of benzene rings is 1. The molecule has 2 aromatic heterocycles. The number of hydrogen-bond acceptors (Lipinski definition) is 4. The minimum atomic E-state index is -0.345. The van der Waals surface area contributed by atoms with Crippen molar-refractivity contribution in [3.05, 3.63) is 46.4 Å². The van der Waals surface area contributed by atoms with Crippen LogP contribution in [0, 0.1) is 6.92 Å². The molecule has 0 amide bonds. The summed E-state index contributed by atoms with van der Waals surface area (Å²) in [5, 5.41) is 4.90. The molecule has 3 rings (SSSR count). The average molecular weight is 320 g/mol. The molecule has 0 bridgehead atoms. The van der Waals surface area contributed by atoms with Crippen LogP contribution in [0.15, 0.2) is 39.4 Å². The largest absolute Gasteiger partial charge is 0.451 e. The lowest BCUT2D eigenvalue weighted by atomic mass is 10.2. The molecule has 0 radical (unpaired) electrons. The maximum absolute atomic E-state index is 12.2. The van der Waals surface area contributed by atoms with Gasteiger partial charge in [0.2, 0.25) is 0 Å². The number of aryl methyl sites for hydroxylation is 1. The fourth-order valence-electron chi connectivity index (χ4n) is 1.82. The first-order valence-electron chi connectivity index (χ1n) is 5.61. The number of halogens is 1. The van der Waals surface area contributed by atoms with Crippen molar-refractivity contribution in [2.45, 2.75) is 6.92 Å². The second-order valence-electron chi connectivity index (χ2n) is 4.18. The Kier molecular flexibility index (Phi) is 2.67. The van der Waals surface area contributed by atoms with Crippen LogP contribution in [0.4, 0.5) is 5.69 Å². The maximum Gasteiger partial charge on any atom is 0.313 e. The topological polar surface area (TPSA) is 74.0 Å². The number of nitrogen functional groups attached to an aromatic ring is 1. The Labute approximate surface area is 117 Å². The van der Waals surface area contributed by atoms with E-state index < -0.39 is 0 Å². The van der Waals surface area contributed by atoms with Crippen LogP contribution in [0.3, 0.4) is 0 Å². The number of aromatic nitrogens is 2. The van der Waals surface area contributed by atoms with Gasteiger partial charge < -0.3 is 10.2 Å². The van der Waals surface area contributed by atoms with E-state index in [1.807, 2.05) is 12.1 Å². The Balaban J connectivity index is 2.09. The first-order valence-corrected chi connectivity index (χ1v) is 6.40. The highest BCUT2D eigenvalue weighted by atomic mass is 79.9. The Morgan fingerprint density at radius 1 is 1.47 bits per heavy atom. The molecular formula is C13H10BrN3O2. The third-order valence-corrected chi connectivity index (χ3v) is 3.56. The predicted octanol–water partition coefficient (Wildman–Crippen LogP) is 2.97. The summed E-state index contributed by atoms with van der Waals surface area (Å²) < 4.78 is 7.60. The van der Waals surface area contributed by atoms with E-state index in [4.69, 9.17) is 10.2 Å². The number of furan rings is 1. The molecule has 3 aromatic rings. The van der Waals surface area contributed by atoms with Gasteiger partial charge in [0.25, 0.3) is 0 Å². The molecule has 5 nitrogen and oxygen atoms in total. The van der Waals surface area contributed by atoms with E-state index in [0.29, 0.717) is 17.0 Å². The van der Waals surface area contributed by atoms with Gasteiger partial charge in [0.05, 0.1) is 17.6 Å². The summed E-state index contributed by atoms with van der Waals surface area (Å²) in [6.07, 6.45) is 1.49. The van der Waals surface area contributed by atoms with Gasteiger partial charge in [-0.3, -0.25) is 4.79 Å². The first-order chi connectivity index (χ1) is 9.06. The molecule has 6 heteroatoms. The molecule has 0 saturated carbocycles. The van der Waals surface area contributed by atoms with Crippen LogP contribution in [0.2, 0.25) is 0 Å². The summed E-state index contributed by atoms with van der Waals surface area (Å²) in [5.74, 6) is -0.118. The highest BCUT2D eigenvalue weighted by Gasteiger charge is 2.17. The first kappa shape index (κ1) is 12.0. The van der Waals surface area contributed by atoms with Crippen molar-refractivity contribution in [2.24, 2.45) is 0 Å². The van der Waals surface area contributed by atoms with Crippen LogP contribution in [0.1, 0.15) is 16.2 Å². The Bertz CT molecular complexity index is 769. The molecule has 0 atom stereocenters. The monoisotopic (exact) mass is 319 g/mol. The predicted molar refractivity (Wildman–Crippen MR) is 75.0 cm³/mol. The summed E-state index contributed by atoms with van der Waals surface area (Å²) in [7, 11) is 0. The molecule has 2 N–H and O–H groups in total. The van der Waals surface area contributed by atoms with Crippen molar-refractivity contribution in [3.63, 3.8) is 0 Å². The van der Waals surface area contributed by atoms with Crippen LogP contribution < -0.4 is 5.73 Å². The number of nitrogens with two attached hydrogens (primary N) is 1. The van der Waals surface area contributed by atoms with Gasteiger partial charge in [0.1, 0.15) is 5.58 Å². The molecule has 0 aliphatic heterocycles. The maximum atomic E-state index is 12.2. The Morgan fingerprint density at radius 2 is 2.26 bits per heavy atom. The number of carbonyl (C=O) groups is 1. The number of nitrogens with zero attached hydrogens (tertiary/aromatic N) is 2. The normalized spacial score (nSPS) is 11.1. The number of fused-ring (bicyclic) bond motifs is 1. The van der Waals surface area contributed by atoms with Crippen molar-refractivity contribution < 1.29 is 9.21 Å². The highest BCUT2D eigenvalue weighted by molar-refractivity contribution is 9.10. The Morgan fingerprint density at radius 3 is 2.89 bits per heavy atom. The fraction of sp³-hybridized carbons (Fsp3) is 0.0769. The van der Waals surface area contributed by atoms with E-state index in [9.17, 15) is 4.79 Å². The summed E-state index contributed by atoms with van der Waals surface area (Å²) in [5.41, 5.74) is 7.42. The Hall–Kier alpha value is -2.08. The van der Waals surface area contributed by atoms with Crippen molar-refractivity contribution in [1.82, 2.24) is 9.78 Å². The van der Waals surface area contributed by atoms with Gasteiger partial charge in [-0.05, 0) is 25.1 Å². The van der Waals surface area contributed by atoms with Crippen molar-refractivity contribution in [1.29, 1.82) is 0 Å². The van der Waals surface area contributed by atoms with E-state index in [2.05, 4.69) is 21.0 Å². The van der Waals surface area contributed by atoms with Gasteiger partial charge in [-0.25, -0.2) is 0 Å². The summed E-state index contributed by atoms with van der Waals surface area (Å²) >= 11 is 3.42. The van der Waals surface area contributed by atoms with Gasteiger partial charge in [-0.15, -0.1) is 0 Å². The van der Waals surface area contributed by atoms with Gasteiger partial charge in [-0.2, -0.15) is 9.78 Å². The molecule has 0 aliphatic carbocycles. The van der Waals surface area contributed by atoms with Crippen molar-refractivity contribution in [3.8, 4) is 0 Å². The van der Waals surface area contributed by atoms with Crippen molar-refractivity contribution >= 4 is 38.5 Å². The summed E-state index contributed by atoms with van der Waals surface area (Å²) in [6, 6.07) is 7.23. The lowest BCUT2D eigenvalue weighted by molar-refractivity contribution is 0.0919. The standard InChI is InChI=1S/C13H10BrN3O2/c1-7-10(15)6-17(16-7)13(18)12-5-8-9(14)3-2-4-11(8)19-12/h2-6H,15H2,1H3. The smallest absolute Gasteiger partial charge is 0.313 e. The highest BCUT2D eigenvalue weighted by Crippen LogP contribution is 2.27. The lowest BCUT2D eigenvalue weighted by Gasteiger charge is -1.94. The van der Waals surface area contributed by atoms with Crippen LogP contribution in [-0.4, -0.2) is 15.7 Å². The SMILES string of the molecule is Cc1nn(C(=O)c2cc3c(Br)cccc3o2)cc1N. The summed E-state index contributed by atoms with van der Waals surface area (Å²) in [6.45, 7) is 1.74. The molecule has 1 aromatic carbocycles. The molecular weight excluding hydrogens is 310 g/mol. The quantitative estimate of drug-likeness (QED) is 0.748. The van der Waals surface area contributed by atoms with Crippen LogP contribution in [0.5, 0.6) is 0 Å². The van der Waals surface area contributed by atoms with Crippen LogP contribution >= 0.6 is 15.9 Å². The van der Waals surface area contributed by atoms with E-state index in [-0.39, 0.29) is 11.7 Å². The zero-order valence-electron chi connectivity index (χ0n) is 10.1. The molecule has 0 saturated heterocycles. The number of rotatable bonds is 1. The minimum Gasteiger partial charge on any atom is -0.451 e. The van der Waals surface area contributed by atoms with Gasteiger partial charge >= 0.3 is 5.91 Å². The molecule has 0 spiro atoms. The van der Waals surface area contributed by atoms with Gasteiger partial charge in [0.15, 0.2) is 5.76 Å².